The van der Waals surface area contributed by atoms with Crippen molar-refractivity contribution in [2.75, 3.05) is 13.1 Å². The fraction of sp³-hybridized carbons (Fsp3) is 0.312. The Hall–Kier alpha value is -2.41. The number of carboxylic acid groups (broad SMARTS) is 1. The van der Waals surface area contributed by atoms with Crippen LogP contribution in [0.5, 0.6) is 0 Å². The zero-order chi connectivity index (χ0) is 16.5. The van der Waals surface area contributed by atoms with Crippen molar-refractivity contribution in [3.05, 3.63) is 41.4 Å². The maximum Gasteiger partial charge on any atom is 0.314 e. The average molecular weight is 333 g/mol. The Morgan fingerprint density at radius 2 is 1.87 bits per heavy atom. The molecule has 0 radical (unpaired) electrons. The Kier molecular flexibility index (Phi) is 6.56. The van der Waals surface area contributed by atoms with E-state index in [1.165, 1.54) is 0 Å². The van der Waals surface area contributed by atoms with Gasteiger partial charge >= 0.3 is 12.0 Å². The SMILES string of the molecule is O=C(O)CCCNC(=O)NCCc1csc(-c2ccccc2)n1. The summed E-state index contributed by atoms with van der Waals surface area (Å²) < 4.78 is 0. The molecule has 2 aromatic rings. The van der Waals surface area contributed by atoms with Crippen molar-refractivity contribution in [2.45, 2.75) is 19.3 Å². The summed E-state index contributed by atoms with van der Waals surface area (Å²) in [5.74, 6) is -0.857. The minimum absolute atomic E-state index is 0.0569. The summed E-state index contributed by atoms with van der Waals surface area (Å²) in [5.41, 5.74) is 2.04. The van der Waals surface area contributed by atoms with Gasteiger partial charge in [0.2, 0.25) is 0 Å². The third-order valence-electron chi connectivity index (χ3n) is 3.09. The zero-order valence-electron chi connectivity index (χ0n) is 12.6. The van der Waals surface area contributed by atoms with E-state index in [0.717, 1.165) is 16.3 Å². The van der Waals surface area contributed by atoms with E-state index < -0.39 is 5.97 Å². The van der Waals surface area contributed by atoms with Gasteiger partial charge in [0, 0.05) is 36.9 Å². The Bertz CT molecular complexity index is 643. The van der Waals surface area contributed by atoms with E-state index in [1.54, 1.807) is 11.3 Å². The molecular weight excluding hydrogens is 314 g/mol. The van der Waals surface area contributed by atoms with Crippen molar-refractivity contribution in [3.8, 4) is 10.6 Å². The second kappa shape index (κ2) is 8.89. The lowest BCUT2D eigenvalue weighted by Crippen LogP contribution is -2.37. The summed E-state index contributed by atoms with van der Waals surface area (Å²) in [4.78, 5) is 26.4. The Morgan fingerprint density at radius 3 is 2.61 bits per heavy atom. The highest BCUT2D eigenvalue weighted by Crippen LogP contribution is 2.23. The van der Waals surface area contributed by atoms with E-state index in [-0.39, 0.29) is 12.5 Å². The number of hydrogen-bond acceptors (Lipinski definition) is 4. The van der Waals surface area contributed by atoms with Crippen molar-refractivity contribution in [3.63, 3.8) is 0 Å². The topological polar surface area (TPSA) is 91.3 Å². The van der Waals surface area contributed by atoms with Crippen molar-refractivity contribution >= 4 is 23.3 Å². The van der Waals surface area contributed by atoms with Crippen LogP contribution in [-0.2, 0) is 11.2 Å². The quantitative estimate of drug-likeness (QED) is 0.647. The van der Waals surface area contributed by atoms with Crippen LogP contribution in [0.15, 0.2) is 35.7 Å². The predicted octanol–water partition coefficient (Wildman–Crippen LogP) is 2.52. The third-order valence-corrected chi connectivity index (χ3v) is 4.03. The summed E-state index contributed by atoms with van der Waals surface area (Å²) in [7, 11) is 0. The highest BCUT2D eigenvalue weighted by molar-refractivity contribution is 7.13. The van der Waals surface area contributed by atoms with E-state index >= 15 is 0 Å². The van der Waals surface area contributed by atoms with Gasteiger partial charge < -0.3 is 15.7 Å². The number of carbonyl (C=O) groups excluding carboxylic acids is 1. The van der Waals surface area contributed by atoms with Crippen molar-refractivity contribution in [1.29, 1.82) is 0 Å². The second-order valence-electron chi connectivity index (χ2n) is 4.94. The molecule has 0 saturated heterocycles. The minimum atomic E-state index is -0.857. The van der Waals surface area contributed by atoms with Gasteiger partial charge in [-0.15, -0.1) is 11.3 Å². The number of aliphatic carboxylic acids is 1. The lowest BCUT2D eigenvalue weighted by Gasteiger charge is -2.06. The predicted molar refractivity (Wildman–Crippen MR) is 89.5 cm³/mol. The molecule has 0 saturated carbocycles. The second-order valence-corrected chi connectivity index (χ2v) is 5.80. The molecule has 7 heteroatoms. The number of aromatic nitrogens is 1. The molecule has 2 rings (SSSR count). The van der Waals surface area contributed by atoms with E-state index in [4.69, 9.17) is 5.11 Å². The van der Waals surface area contributed by atoms with Gasteiger partial charge in [0.25, 0.3) is 0 Å². The average Bonchev–Trinajstić information content (AvgIpc) is 3.01. The number of carbonyl (C=O) groups is 2. The number of urea groups is 1. The number of benzene rings is 1. The molecule has 0 fully saturated rings. The largest absolute Gasteiger partial charge is 0.481 e. The molecule has 0 bridgehead atoms. The van der Waals surface area contributed by atoms with E-state index in [0.29, 0.717) is 25.9 Å². The molecule has 3 N–H and O–H groups in total. The highest BCUT2D eigenvalue weighted by atomic mass is 32.1. The summed E-state index contributed by atoms with van der Waals surface area (Å²) >= 11 is 1.59. The van der Waals surface area contributed by atoms with Gasteiger partial charge in [-0.3, -0.25) is 4.79 Å². The monoisotopic (exact) mass is 333 g/mol. The van der Waals surface area contributed by atoms with Crippen LogP contribution in [0.2, 0.25) is 0 Å². The zero-order valence-corrected chi connectivity index (χ0v) is 13.4. The molecule has 0 spiro atoms. The molecule has 6 nitrogen and oxygen atoms in total. The van der Waals surface area contributed by atoms with Gasteiger partial charge in [0.15, 0.2) is 0 Å². The first-order valence-corrected chi connectivity index (χ1v) is 8.26. The molecule has 2 amide bonds. The van der Waals surface area contributed by atoms with Gasteiger partial charge in [0.05, 0.1) is 5.69 Å². The van der Waals surface area contributed by atoms with Crippen LogP contribution in [0, 0.1) is 0 Å². The van der Waals surface area contributed by atoms with Gasteiger partial charge in [-0.2, -0.15) is 0 Å². The number of rotatable bonds is 8. The number of carboxylic acids is 1. The Labute approximate surface area is 138 Å². The molecule has 0 atom stereocenters. The van der Waals surface area contributed by atoms with Crippen molar-refractivity contribution < 1.29 is 14.7 Å². The summed E-state index contributed by atoms with van der Waals surface area (Å²) in [6, 6.07) is 9.68. The first kappa shape index (κ1) is 17.0. The molecule has 1 aromatic heterocycles. The normalized spacial score (nSPS) is 10.3. The summed E-state index contributed by atoms with van der Waals surface area (Å²) in [6.07, 6.45) is 1.14. The van der Waals surface area contributed by atoms with Crippen LogP contribution >= 0.6 is 11.3 Å². The van der Waals surface area contributed by atoms with Crippen LogP contribution in [-0.4, -0.2) is 35.2 Å². The summed E-state index contributed by atoms with van der Waals surface area (Å²) in [5, 5.41) is 16.8. The van der Waals surface area contributed by atoms with Gasteiger partial charge in [-0.25, -0.2) is 9.78 Å². The van der Waals surface area contributed by atoms with Crippen LogP contribution in [0.1, 0.15) is 18.5 Å². The molecule has 1 heterocycles. The van der Waals surface area contributed by atoms with Gasteiger partial charge in [0.1, 0.15) is 5.01 Å². The molecule has 0 aliphatic rings. The standard InChI is InChI=1S/C16H19N3O3S/c20-14(21)7-4-9-17-16(22)18-10-8-13-11-23-15(19-13)12-5-2-1-3-6-12/h1-3,5-6,11H,4,7-10H2,(H,20,21)(H2,17,18,22). The fourth-order valence-corrected chi connectivity index (χ4v) is 2.80. The molecule has 122 valence electrons. The van der Waals surface area contributed by atoms with Gasteiger partial charge in [-0.1, -0.05) is 30.3 Å². The Morgan fingerprint density at radius 1 is 1.13 bits per heavy atom. The first-order chi connectivity index (χ1) is 11.1. The maximum absolute atomic E-state index is 11.5. The Balaban J connectivity index is 1.67. The molecule has 0 aliphatic heterocycles. The lowest BCUT2D eigenvalue weighted by molar-refractivity contribution is -0.137. The van der Waals surface area contributed by atoms with Gasteiger partial charge in [-0.05, 0) is 6.42 Å². The van der Waals surface area contributed by atoms with Crippen molar-refractivity contribution in [2.24, 2.45) is 0 Å². The number of amides is 2. The van der Waals surface area contributed by atoms with Crippen LogP contribution < -0.4 is 10.6 Å². The molecular formula is C16H19N3O3S. The van der Waals surface area contributed by atoms with E-state index in [1.807, 2.05) is 35.7 Å². The van der Waals surface area contributed by atoms with E-state index in [9.17, 15) is 9.59 Å². The minimum Gasteiger partial charge on any atom is -0.481 e. The molecule has 0 aliphatic carbocycles. The fourth-order valence-electron chi connectivity index (χ4n) is 1.94. The first-order valence-electron chi connectivity index (χ1n) is 7.38. The third kappa shape index (κ3) is 6.07. The lowest BCUT2D eigenvalue weighted by atomic mass is 10.2. The van der Waals surface area contributed by atoms with Crippen LogP contribution in [0.3, 0.4) is 0 Å². The number of thiazole rings is 1. The number of nitrogens with one attached hydrogen (secondary N) is 2. The van der Waals surface area contributed by atoms with Crippen LogP contribution in [0.4, 0.5) is 4.79 Å². The van der Waals surface area contributed by atoms with E-state index in [2.05, 4.69) is 15.6 Å². The highest BCUT2D eigenvalue weighted by Gasteiger charge is 2.05. The van der Waals surface area contributed by atoms with Crippen molar-refractivity contribution in [1.82, 2.24) is 15.6 Å². The summed E-state index contributed by atoms with van der Waals surface area (Å²) in [6.45, 7) is 0.843. The molecule has 23 heavy (non-hydrogen) atoms. The number of hydrogen-bond donors (Lipinski definition) is 3. The number of nitrogens with zero attached hydrogens (tertiary/aromatic N) is 1. The smallest absolute Gasteiger partial charge is 0.314 e. The molecule has 1 aromatic carbocycles. The maximum atomic E-state index is 11.5. The molecule has 0 unspecified atom stereocenters. The van der Waals surface area contributed by atoms with Crippen LogP contribution in [0.25, 0.3) is 10.6 Å².